The molecule has 7 nitrogen and oxygen atoms in total. The highest BCUT2D eigenvalue weighted by molar-refractivity contribution is 6.30. The Balaban J connectivity index is 2.89. The van der Waals surface area contributed by atoms with Gasteiger partial charge in [0.1, 0.15) is 11.5 Å². The van der Waals surface area contributed by atoms with E-state index in [1.54, 1.807) is 0 Å². The van der Waals surface area contributed by atoms with Gasteiger partial charge in [0.2, 0.25) is 5.91 Å². The zero-order valence-corrected chi connectivity index (χ0v) is 14.0. The molecule has 0 saturated carbocycles. The van der Waals surface area contributed by atoms with Crippen molar-refractivity contribution < 1.29 is 19.6 Å². The minimum absolute atomic E-state index is 0.0747. The number of rotatable bonds is 8. The van der Waals surface area contributed by atoms with Crippen LogP contribution in [0.15, 0.2) is 24.3 Å². The number of hydrogen-bond donors (Lipinski definition) is 2. The highest BCUT2D eigenvalue weighted by atomic mass is 35.5. The Bertz CT molecular complexity index is 533. The van der Waals surface area contributed by atoms with Crippen LogP contribution < -0.4 is 5.32 Å². The molecule has 0 radical (unpaired) electrons. The van der Waals surface area contributed by atoms with Gasteiger partial charge in [0, 0.05) is 12.1 Å². The number of nitro groups is 1. The molecule has 1 aromatic rings. The van der Waals surface area contributed by atoms with E-state index in [0.29, 0.717) is 5.56 Å². The fourth-order valence-electron chi connectivity index (χ4n) is 1.83. The van der Waals surface area contributed by atoms with Gasteiger partial charge in [-0.2, -0.15) is 0 Å². The summed E-state index contributed by atoms with van der Waals surface area (Å²) in [6, 6.07) is 4.77. The van der Waals surface area contributed by atoms with Crippen LogP contribution in [0, 0.1) is 10.1 Å². The molecular formula is C15H21ClN2O5. The number of aliphatic hydroxyl groups excluding tert-OH is 1. The molecule has 128 valence electrons. The first-order chi connectivity index (χ1) is 10.7. The molecule has 0 fully saturated rings. The van der Waals surface area contributed by atoms with E-state index in [2.05, 4.69) is 5.32 Å². The normalized spacial score (nSPS) is 15.0. The van der Waals surface area contributed by atoms with Crippen LogP contribution in [0.3, 0.4) is 0 Å². The summed E-state index contributed by atoms with van der Waals surface area (Å²) in [6.45, 7) is 5.28. The number of halogens is 1. The quantitative estimate of drug-likeness (QED) is 0.427. The van der Waals surface area contributed by atoms with Crippen LogP contribution in [0.5, 0.6) is 0 Å². The molecule has 0 aliphatic carbocycles. The number of aliphatic hydroxyl groups is 1. The SMILES string of the molecule is CC(C)OCC(NC(=O)C(C)Cl)C(O)c1ccc([N+](=O)[O-])cc1. The average Bonchev–Trinajstić information content (AvgIpc) is 2.50. The van der Waals surface area contributed by atoms with E-state index in [1.165, 1.54) is 31.2 Å². The van der Waals surface area contributed by atoms with Gasteiger partial charge < -0.3 is 15.2 Å². The lowest BCUT2D eigenvalue weighted by Gasteiger charge is -2.26. The Morgan fingerprint density at radius 2 is 1.91 bits per heavy atom. The van der Waals surface area contributed by atoms with Crippen LogP contribution >= 0.6 is 11.6 Å². The maximum absolute atomic E-state index is 11.8. The van der Waals surface area contributed by atoms with E-state index in [4.69, 9.17) is 16.3 Å². The van der Waals surface area contributed by atoms with E-state index >= 15 is 0 Å². The first-order valence-electron chi connectivity index (χ1n) is 7.20. The third-order valence-corrected chi connectivity index (χ3v) is 3.32. The highest BCUT2D eigenvalue weighted by Gasteiger charge is 2.25. The summed E-state index contributed by atoms with van der Waals surface area (Å²) in [6.07, 6.45) is -1.15. The Morgan fingerprint density at radius 3 is 2.35 bits per heavy atom. The number of amides is 1. The summed E-state index contributed by atoms with van der Waals surface area (Å²) in [5.74, 6) is -0.426. The van der Waals surface area contributed by atoms with Crippen LogP contribution in [0.1, 0.15) is 32.4 Å². The van der Waals surface area contributed by atoms with Crippen LogP contribution in [0.2, 0.25) is 0 Å². The smallest absolute Gasteiger partial charge is 0.269 e. The number of benzene rings is 1. The first-order valence-corrected chi connectivity index (χ1v) is 7.64. The fraction of sp³-hybridized carbons (Fsp3) is 0.533. The Labute approximate surface area is 139 Å². The molecular weight excluding hydrogens is 324 g/mol. The summed E-state index contributed by atoms with van der Waals surface area (Å²) in [5, 5.41) is 23.0. The lowest BCUT2D eigenvalue weighted by Crippen LogP contribution is -2.45. The Hall–Kier alpha value is -1.70. The second-order valence-electron chi connectivity index (χ2n) is 5.41. The van der Waals surface area contributed by atoms with Crippen molar-refractivity contribution in [1.82, 2.24) is 5.32 Å². The van der Waals surface area contributed by atoms with E-state index in [0.717, 1.165) is 0 Å². The van der Waals surface area contributed by atoms with Gasteiger partial charge in [-0.3, -0.25) is 14.9 Å². The number of carbonyl (C=O) groups is 1. The van der Waals surface area contributed by atoms with Crippen molar-refractivity contribution in [3.8, 4) is 0 Å². The van der Waals surface area contributed by atoms with Crippen molar-refractivity contribution in [2.24, 2.45) is 0 Å². The second kappa shape index (κ2) is 8.81. The Morgan fingerprint density at radius 1 is 1.35 bits per heavy atom. The summed E-state index contributed by atoms with van der Waals surface area (Å²) in [5.41, 5.74) is 0.366. The molecule has 1 amide bonds. The number of alkyl halides is 1. The maximum Gasteiger partial charge on any atom is 0.269 e. The van der Waals surface area contributed by atoms with Crippen LogP contribution in [0.4, 0.5) is 5.69 Å². The van der Waals surface area contributed by atoms with Crippen molar-refractivity contribution in [2.45, 2.75) is 44.4 Å². The molecule has 1 aromatic carbocycles. The standard InChI is InChI=1S/C15H21ClN2O5/c1-9(2)23-8-13(17-15(20)10(3)16)14(19)11-4-6-12(7-5-11)18(21)22/h4-7,9-10,13-14,19H,8H2,1-3H3,(H,17,20). The van der Waals surface area contributed by atoms with E-state index in [-0.39, 0.29) is 18.4 Å². The molecule has 0 saturated heterocycles. The van der Waals surface area contributed by atoms with Crippen molar-refractivity contribution in [3.63, 3.8) is 0 Å². The van der Waals surface area contributed by atoms with Crippen molar-refractivity contribution in [1.29, 1.82) is 0 Å². The average molecular weight is 345 g/mol. The monoisotopic (exact) mass is 344 g/mol. The third kappa shape index (κ3) is 6.13. The summed E-state index contributed by atoms with van der Waals surface area (Å²) in [7, 11) is 0. The number of ether oxygens (including phenoxy) is 1. The molecule has 2 N–H and O–H groups in total. The third-order valence-electron chi connectivity index (χ3n) is 3.12. The summed E-state index contributed by atoms with van der Waals surface area (Å²) >= 11 is 5.73. The number of carbonyl (C=O) groups excluding carboxylic acids is 1. The van der Waals surface area contributed by atoms with Gasteiger partial charge in [-0.25, -0.2) is 0 Å². The number of hydrogen-bond acceptors (Lipinski definition) is 5. The number of nitro benzene ring substituents is 1. The minimum atomic E-state index is -1.08. The van der Waals surface area contributed by atoms with Gasteiger partial charge in [-0.05, 0) is 38.5 Å². The van der Waals surface area contributed by atoms with E-state index < -0.39 is 28.4 Å². The van der Waals surface area contributed by atoms with Gasteiger partial charge in [0.05, 0.1) is 23.7 Å². The van der Waals surface area contributed by atoms with Crippen molar-refractivity contribution >= 4 is 23.2 Å². The lowest BCUT2D eigenvalue weighted by atomic mass is 10.0. The molecule has 0 aliphatic heterocycles. The van der Waals surface area contributed by atoms with Gasteiger partial charge in [-0.15, -0.1) is 11.6 Å². The number of non-ortho nitro benzene ring substituents is 1. The molecule has 0 aliphatic rings. The lowest BCUT2D eigenvalue weighted by molar-refractivity contribution is -0.384. The molecule has 0 aromatic heterocycles. The molecule has 23 heavy (non-hydrogen) atoms. The van der Waals surface area contributed by atoms with Crippen molar-refractivity contribution in [3.05, 3.63) is 39.9 Å². The fourth-order valence-corrected chi connectivity index (χ4v) is 1.89. The number of nitrogens with one attached hydrogen (secondary N) is 1. The predicted octanol–water partition coefficient (Wildman–Crippen LogP) is 2.17. The molecule has 0 bridgehead atoms. The summed E-state index contributed by atoms with van der Waals surface area (Å²) in [4.78, 5) is 21.9. The van der Waals surface area contributed by atoms with Crippen LogP contribution in [-0.4, -0.2) is 40.1 Å². The minimum Gasteiger partial charge on any atom is -0.386 e. The first kappa shape index (κ1) is 19.3. The molecule has 8 heteroatoms. The summed E-state index contributed by atoms with van der Waals surface area (Å²) < 4.78 is 5.46. The van der Waals surface area contributed by atoms with E-state index in [1.807, 2.05) is 13.8 Å². The Kier molecular flexibility index (Phi) is 7.41. The molecule has 3 atom stereocenters. The predicted molar refractivity (Wildman–Crippen MR) is 86.4 cm³/mol. The molecule has 0 spiro atoms. The maximum atomic E-state index is 11.8. The molecule has 0 heterocycles. The number of nitrogens with zero attached hydrogens (tertiary/aromatic N) is 1. The zero-order valence-electron chi connectivity index (χ0n) is 13.2. The second-order valence-corrected chi connectivity index (χ2v) is 6.06. The van der Waals surface area contributed by atoms with Crippen molar-refractivity contribution in [2.75, 3.05) is 6.61 Å². The highest BCUT2D eigenvalue weighted by Crippen LogP contribution is 2.21. The largest absolute Gasteiger partial charge is 0.386 e. The van der Waals surface area contributed by atoms with Gasteiger partial charge in [0.25, 0.3) is 5.69 Å². The van der Waals surface area contributed by atoms with E-state index in [9.17, 15) is 20.0 Å². The molecule has 3 unspecified atom stereocenters. The zero-order chi connectivity index (χ0) is 17.6. The van der Waals surface area contributed by atoms with Gasteiger partial charge >= 0.3 is 0 Å². The topological polar surface area (TPSA) is 102 Å². The van der Waals surface area contributed by atoms with Crippen LogP contribution in [0.25, 0.3) is 0 Å². The van der Waals surface area contributed by atoms with Crippen LogP contribution in [-0.2, 0) is 9.53 Å². The van der Waals surface area contributed by atoms with Gasteiger partial charge in [0.15, 0.2) is 0 Å². The van der Waals surface area contributed by atoms with Gasteiger partial charge in [-0.1, -0.05) is 0 Å². The molecule has 1 rings (SSSR count).